The van der Waals surface area contributed by atoms with E-state index in [0.717, 1.165) is 11.3 Å². The maximum Gasteiger partial charge on any atom is 0.315 e. The number of carbonyl (C=O) groups excluding carboxylic acids is 1. The van der Waals surface area contributed by atoms with E-state index in [4.69, 9.17) is 4.42 Å². The lowest BCUT2D eigenvalue weighted by molar-refractivity contribution is 0.236. The van der Waals surface area contributed by atoms with Crippen LogP contribution >= 0.6 is 0 Å². The molecule has 0 saturated heterocycles. The van der Waals surface area contributed by atoms with Gasteiger partial charge < -0.3 is 15.1 Å². The highest BCUT2D eigenvalue weighted by atomic mass is 16.3. The second-order valence-corrected chi connectivity index (χ2v) is 5.23. The SMILES string of the molecule is C[C@@H](NC(=O)NCc1ccco1)c1ccc2ccccc2c1. The number of amides is 2. The first-order chi connectivity index (χ1) is 10.7. The maximum absolute atomic E-state index is 11.9. The lowest BCUT2D eigenvalue weighted by Gasteiger charge is -2.15. The molecule has 3 rings (SSSR count). The minimum Gasteiger partial charge on any atom is -0.467 e. The van der Waals surface area contributed by atoms with Gasteiger partial charge in [-0.1, -0.05) is 36.4 Å². The van der Waals surface area contributed by atoms with Crippen LogP contribution in [0.25, 0.3) is 10.8 Å². The molecule has 0 aliphatic heterocycles. The van der Waals surface area contributed by atoms with Gasteiger partial charge in [-0.2, -0.15) is 0 Å². The van der Waals surface area contributed by atoms with Crippen molar-refractivity contribution >= 4 is 16.8 Å². The summed E-state index contributed by atoms with van der Waals surface area (Å²) in [5, 5.41) is 8.08. The Labute approximate surface area is 129 Å². The largest absolute Gasteiger partial charge is 0.467 e. The van der Waals surface area contributed by atoms with Crippen molar-refractivity contribution in [3.05, 3.63) is 72.2 Å². The Kier molecular flexibility index (Phi) is 4.10. The molecule has 2 N–H and O–H groups in total. The summed E-state index contributed by atoms with van der Waals surface area (Å²) in [4.78, 5) is 11.9. The predicted octanol–water partition coefficient (Wildman–Crippen LogP) is 3.99. The summed E-state index contributed by atoms with van der Waals surface area (Å²) in [5.41, 5.74) is 1.08. The number of urea groups is 1. The third kappa shape index (κ3) is 3.28. The standard InChI is InChI=1S/C18H18N2O2/c1-13(20-18(21)19-12-17-7-4-10-22-17)15-9-8-14-5-2-3-6-16(14)11-15/h2-11,13H,12H2,1H3,(H2,19,20,21)/t13-/m1/s1. The van der Waals surface area contributed by atoms with Gasteiger partial charge in [0.05, 0.1) is 18.8 Å². The molecule has 4 heteroatoms. The van der Waals surface area contributed by atoms with Crippen molar-refractivity contribution in [3.8, 4) is 0 Å². The van der Waals surface area contributed by atoms with Crippen LogP contribution in [0.2, 0.25) is 0 Å². The number of rotatable bonds is 4. The zero-order valence-electron chi connectivity index (χ0n) is 12.4. The molecule has 22 heavy (non-hydrogen) atoms. The van der Waals surface area contributed by atoms with E-state index in [1.54, 1.807) is 12.3 Å². The molecule has 1 aromatic heterocycles. The van der Waals surface area contributed by atoms with E-state index in [-0.39, 0.29) is 12.1 Å². The molecular weight excluding hydrogens is 276 g/mol. The summed E-state index contributed by atoms with van der Waals surface area (Å²) in [6.45, 7) is 2.35. The van der Waals surface area contributed by atoms with E-state index in [1.807, 2.05) is 31.2 Å². The fourth-order valence-electron chi connectivity index (χ4n) is 2.39. The lowest BCUT2D eigenvalue weighted by Crippen LogP contribution is -2.36. The highest BCUT2D eigenvalue weighted by Crippen LogP contribution is 2.20. The van der Waals surface area contributed by atoms with Crippen LogP contribution in [0.4, 0.5) is 4.79 Å². The molecule has 0 unspecified atom stereocenters. The Morgan fingerprint density at radius 1 is 1.09 bits per heavy atom. The Balaban J connectivity index is 1.62. The zero-order chi connectivity index (χ0) is 15.4. The van der Waals surface area contributed by atoms with Gasteiger partial charge in [-0.05, 0) is 41.5 Å². The van der Waals surface area contributed by atoms with E-state index in [0.29, 0.717) is 6.54 Å². The molecule has 0 spiro atoms. The van der Waals surface area contributed by atoms with Crippen LogP contribution in [0.1, 0.15) is 24.3 Å². The topological polar surface area (TPSA) is 54.3 Å². The van der Waals surface area contributed by atoms with E-state index in [9.17, 15) is 4.79 Å². The summed E-state index contributed by atoms with van der Waals surface area (Å²) in [6, 6.07) is 17.7. The van der Waals surface area contributed by atoms with Crippen LogP contribution in [-0.2, 0) is 6.54 Å². The molecule has 112 valence electrons. The molecule has 0 radical (unpaired) electrons. The van der Waals surface area contributed by atoms with Crippen molar-refractivity contribution in [2.45, 2.75) is 19.5 Å². The molecule has 0 aliphatic rings. The number of fused-ring (bicyclic) bond motifs is 1. The van der Waals surface area contributed by atoms with Crippen LogP contribution in [0.3, 0.4) is 0 Å². The highest BCUT2D eigenvalue weighted by Gasteiger charge is 2.10. The van der Waals surface area contributed by atoms with E-state index >= 15 is 0 Å². The minimum atomic E-state index is -0.211. The van der Waals surface area contributed by atoms with Gasteiger partial charge in [-0.15, -0.1) is 0 Å². The minimum absolute atomic E-state index is 0.0683. The van der Waals surface area contributed by atoms with E-state index < -0.39 is 0 Å². The third-order valence-corrected chi connectivity index (χ3v) is 3.62. The quantitative estimate of drug-likeness (QED) is 0.764. The fourth-order valence-corrected chi connectivity index (χ4v) is 2.39. The van der Waals surface area contributed by atoms with Gasteiger partial charge in [0, 0.05) is 0 Å². The van der Waals surface area contributed by atoms with Gasteiger partial charge in [0.15, 0.2) is 0 Å². The zero-order valence-corrected chi connectivity index (χ0v) is 12.4. The van der Waals surface area contributed by atoms with Crippen LogP contribution in [0, 0.1) is 0 Å². The number of hydrogen-bond donors (Lipinski definition) is 2. The van der Waals surface area contributed by atoms with Crippen LogP contribution < -0.4 is 10.6 Å². The molecule has 1 atom stereocenters. The first-order valence-corrected chi connectivity index (χ1v) is 7.28. The molecule has 3 aromatic rings. The second-order valence-electron chi connectivity index (χ2n) is 5.23. The molecule has 0 bridgehead atoms. The number of nitrogens with one attached hydrogen (secondary N) is 2. The summed E-state index contributed by atoms with van der Waals surface area (Å²) in [5.74, 6) is 0.730. The molecule has 2 aromatic carbocycles. The molecule has 1 heterocycles. The smallest absolute Gasteiger partial charge is 0.315 e. The van der Waals surface area contributed by atoms with Gasteiger partial charge in [-0.25, -0.2) is 4.79 Å². The van der Waals surface area contributed by atoms with Crippen LogP contribution in [-0.4, -0.2) is 6.03 Å². The molecule has 0 aliphatic carbocycles. The molecule has 4 nitrogen and oxygen atoms in total. The molecule has 0 saturated carbocycles. The number of hydrogen-bond acceptors (Lipinski definition) is 2. The summed E-state index contributed by atoms with van der Waals surface area (Å²) in [7, 11) is 0. The van der Waals surface area contributed by atoms with Gasteiger partial charge in [-0.3, -0.25) is 0 Å². The van der Waals surface area contributed by atoms with Crippen LogP contribution in [0.15, 0.2) is 65.3 Å². The first kappa shape index (κ1) is 14.2. The summed E-state index contributed by atoms with van der Waals surface area (Å²) >= 11 is 0. The van der Waals surface area contributed by atoms with Crippen molar-refractivity contribution in [1.82, 2.24) is 10.6 Å². The van der Waals surface area contributed by atoms with Crippen molar-refractivity contribution in [2.75, 3.05) is 0 Å². The number of benzene rings is 2. The summed E-state index contributed by atoms with van der Waals surface area (Å²) < 4.78 is 5.18. The van der Waals surface area contributed by atoms with Crippen LogP contribution in [0.5, 0.6) is 0 Å². The second kappa shape index (κ2) is 6.35. The van der Waals surface area contributed by atoms with Crippen molar-refractivity contribution in [2.24, 2.45) is 0 Å². The lowest BCUT2D eigenvalue weighted by atomic mass is 10.0. The third-order valence-electron chi connectivity index (χ3n) is 3.62. The Bertz CT molecular complexity index is 766. The van der Waals surface area contributed by atoms with E-state index in [2.05, 4.69) is 34.9 Å². The maximum atomic E-state index is 11.9. The number of carbonyl (C=O) groups is 1. The highest BCUT2D eigenvalue weighted by molar-refractivity contribution is 5.83. The van der Waals surface area contributed by atoms with Crippen molar-refractivity contribution in [3.63, 3.8) is 0 Å². The Hall–Kier alpha value is -2.75. The van der Waals surface area contributed by atoms with E-state index in [1.165, 1.54) is 10.8 Å². The van der Waals surface area contributed by atoms with Gasteiger partial charge in [0.1, 0.15) is 5.76 Å². The van der Waals surface area contributed by atoms with Crippen molar-refractivity contribution in [1.29, 1.82) is 0 Å². The van der Waals surface area contributed by atoms with Gasteiger partial charge in [0.2, 0.25) is 0 Å². The number of furan rings is 1. The predicted molar refractivity (Wildman–Crippen MR) is 86.4 cm³/mol. The van der Waals surface area contributed by atoms with Gasteiger partial charge >= 0.3 is 6.03 Å². The fraction of sp³-hybridized carbons (Fsp3) is 0.167. The Morgan fingerprint density at radius 2 is 1.91 bits per heavy atom. The van der Waals surface area contributed by atoms with Crippen molar-refractivity contribution < 1.29 is 9.21 Å². The average molecular weight is 294 g/mol. The normalized spacial score (nSPS) is 12.0. The van der Waals surface area contributed by atoms with Gasteiger partial charge in [0.25, 0.3) is 0 Å². The molecule has 2 amide bonds. The Morgan fingerprint density at radius 3 is 2.68 bits per heavy atom. The molecular formula is C18H18N2O2. The molecule has 0 fully saturated rings. The first-order valence-electron chi connectivity index (χ1n) is 7.28. The summed E-state index contributed by atoms with van der Waals surface area (Å²) in [6.07, 6.45) is 1.59. The monoisotopic (exact) mass is 294 g/mol. The average Bonchev–Trinajstić information content (AvgIpc) is 3.06.